The van der Waals surface area contributed by atoms with Crippen molar-refractivity contribution in [3.05, 3.63) is 16.6 Å². The smallest absolute Gasteiger partial charge is 0.267 e. The summed E-state index contributed by atoms with van der Waals surface area (Å²) in [5, 5.41) is 0. The lowest BCUT2D eigenvalue weighted by atomic mass is 9.69. The van der Waals surface area contributed by atoms with Gasteiger partial charge in [-0.3, -0.25) is 4.79 Å². The molecule has 2 aliphatic carbocycles. The predicted molar refractivity (Wildman–Crippen MR) is 84.2 cm³/mol. The van der Waals surface area contributed by atoms with Gasteiger partial charge in [-0.1, -0.05) is 13.8 Å². The summed E-state index contributed by atoms with van der Waals surface area (Å²) in [4.78, 5) is 13.2. The van der Waals surface area contributed by atoms with Gasteiger partial charge in [0.1, 0.15) is 4.88 Å². The number of hydrogen-bond acceptors (Lipinski definition) is 5. The van der Waals surface area contributed by atoms with Crippen molar-refractivity contribution in [3.8, 4) is 0 Å². The van der Waals surface area contributed by atoms with E-state index in [1.165, 1.54) is 4.31 Å². The number of aryl methyl sites for hydroxylation is 1. The van der Waals surface area contributed by atoms with Gasteiger partial charge in [-0.05, 0) is 55.1 Å². The Kier molecular flexibility index (Phi) is 2.74. The maximum atomic E-state index is 12.8. The highest BCUT2D eigenvalue weighted by molar-refractivity contribution is 7.90. The molecule has 1 aromatic rings. The number of carbonyl (C=O) groups excluding carboxylic acids is 1. The number of amides is 1. The third-order valence-corrected chi connectivity index (χ3v) is 9.22. The van der Waals surface area contributed by atoms with Crippen LogP contribution in [0.1, 0.15) is 48.5 Å². The standard InChI is InChI=1S/C15H20N2O3S2/c1-9-6-11(21-16-9)13(18)17-12-7-10-4-5-15(12,14(10,2)3)8-22(17,19)20/h6,10,12H,4-5,7-8H2,1-3H3/t10-,12-,15-/m1/s1. The van der Waals surface area contributed by atoms with Crippen LogP contribution < -0.4 is 0 Å². The second-order valence-corrected chi connectivity index (χ2v) is 10.2. The third kappa shape index (κ3) is 1.56. The first-order chi connectivity index (χ1) is 10.2. The van der Waals surface area contributed by atoms with Gasteiger partial charge >= 0.3 is 0 Å². The Balaban J connectivity index is 1.80. The molecular formula is C15H20N2O3S2. The Hall–Kier alpha value is -0.950. The van der Waals surface area contributed by atoms with E-state index in [2.05, 4.69) is 18.2 Å². The Morgan fingerprint density at radius 1 is 1.45 bits per heavy atom. The SMILES string of the molecule is Cc1cc(C(=O)N2[C@@H]3C[C@H]4CC[C@]3(CS2(=O)=O)C4(C)C)sn1. The van der Waals surface area contributed by atoms with Crippen LogP contribution in [0.3, 0.4) is 0 Å². The van der Waals surface area contributed by atoms with Gasteiger partial charge in [-0.25, -0.2) is 12.7 Å². The summed E-state index contributed by atoms with van der Waals surface area (Å²) in [6.07, 6.45) is 2.82. The number of rotatable bonds is 1. The van der Waals surface area contributed by atoms with Gasteiger partial charge in [0.2, 0.25) is 10.0 Å². The molecule has 1 aromatic heterocycles. The van der Waals surface area contributed by atoms with Crippen LogP contribution in [-0.2, 0) is 10.0 Å². The van der Waals surface area contributed by atoms with Gasteiger partial charge in [-0.2, -0.15) is 4.37 Å². The van der Waals surface area contributed by atoms with E-state index in [1.54, 1.807) is 6.07 Å². The number of nitrogens with zero attached hydrogens (tertiary/aromatic N) is 2. The highest BCUT2D eigenvalue weighted by Crippen LogP contribution is 2.70. The number of hydrogen-bond donors (Lipinski definition) is 0. The van der Waals surface area contributed by atoms with Crippen molar-refractivity contribution >= 4 is 27.5 Å². The number of fused-ring (bicyclic) bond motifs is 1. The topological polar surface area (TPSA) is 67.3 Å². The minimum Gasteiger partial charge on any atom is -0.267 e. The van der Waals surface area contributed by atoms with Crippen LogP contribution in [0.25, 0.3) is 0 Å². The van der Waals surface area contributed by atoms with Crippen molar-refractivity contribution in [1.29, 1.82) is 0 Å². The molecule has 120 valence electrons. The molecule has 2 heterocycles. The van der Waals surface area contributed by atoms with Crippen LogP contribution in [0.2, 0.25) is 0 Å². The monoisotopic (exact) mass is 340 g/mol. The van der Waals surface area contributed by atoms with Crippen LogP contribution in [-0.4, -0.2) is 34.8 Å². The number of sulfonamides is 1. The second-order valence-electron chi connectivity index (χ2n) is 7.55. The van der Waals surface area contributed by atoms with E-state index in [9.17, 15) is 13.2 Å². The van der Waals surface area contributed by atoms with E-state index >= 15 is 0 Å². The van der Waals surface area contributed by atoms with Crippen LogP contribution in [0.15, 0.2) is 6.07 Å². The van der Waals surface area contributed by atoms with Crippen LogP contribution in [0, 0.1) is 23.7 Å². The van der Waals surface area contributed by atoms with Crippen molar-refractivity contribution < 1.29 is 13.2 Å². The first kappa shape index (κ1) is 14.6. The number of carbonyl (C=O) groups is 1. The molecule has 2 saturated carbocycles. The average molecular weight is 340 g/mol. The van der Waals surface area contributed by atoms with Gasteiger partial charge in [0.25, 0.3) is 5.91 Å². The summed E-state index contributed by atoms with van der Waals surface area (Å²) >= 11 is 1.09. The summed E-state index contributed by atoms with van der Waals surface area (Å²) in [5.74, 6) is 0.264. The first-order valence-corrected chi connectivity index (χ1v) is 10.1. The Morgan fingerprint density at radius 3 is 2.77 bits per heavy atom. The molecule has 4 rings (SSSR count). The highest BCUT2D eigenvalue weighted by Gasteiger charge is 2.72. The minimum atomic E-state index is -3.54. The lowest BCUT2D eigenvalue weighted by Gasteiger charge is -2.36. The van der Waals surface area contributed by atoms with Crippen molar-refractivity contribution in [2.75, 3.05) is 5.75 Å². The van der Waals surface area contributed by atoms with E-state index in [4.69, 9.17) is 0 Å². The molecule has 0 unspecified atom stereocenters. The number of aromatic nitrogens is 1. The molecule has 5 nitrogen and oxygen atoms in total. The zero-order valence-electron chi connectivity index (χ0n) is 13.0. The van der Waals surface area contributed by atoms with Gasteiger partial charge < -0.3 is 0 Å². The molecule has 1 amide bonds. The normalized spacial score (nSPS) is 37.5. The average Bonchev–Trinajstić information content (AvgIpc) is 3.06. The van der Waals surface area contributed by atoms with Crippen LogP contribution in [0.5, 0.6) is 0 Å². The molecule has 3 aliphatic rings. The van der Waals surface area contributed by atoms with E-state index in [0.717, 1.165) is 36.5 Å². The summed E-state index contributed by atoms with van der Waals surface area (Å²) in [6.45, 7) is 6.18. The summed E-state index contributed by atoms with van der Waals surface area (Å²) in [5.41, 5.74) is 0.489. The lowest BCUT2D eigenvalue weighted by Crippen LogP contribution is -2.44. The zero-order valence-corrected chi connectivity index (χ0v) is 14.6. The molecule has 2 bridgehead atoms. The Morgan fingerprint density at radius 2 is 2.18 bits per heavy atom. The molecular weight excluding hydrogens is 320 g/mol. The molecule has 1 spiro atoms. The summed E-state index contributed by atoms with van der Waals surface area (Å²) < 4.78 is 30.8. The molecule has 3 atom stereocenters. The maximum absolute atomic E-state index is 12.8. The van der Waals surface area contributed by atoms with Crippen molar-refractivity contribution in [1.82, 2.24) is 8.68 Å². The van der Waals surface area contributed by atoms with E-state index in [-0.39, 0.29) is 28.5 Å². The third-order valence-electron chi connectivity index (χ3n) is 6.45. The van der Waals surface area contributed by atoms with Gasteiger partial charge in [0.15, 0.2) is 0 Å². The van der Waals surface area contributed by atoms with E-state index in [1.807, 2.05) is 6.92 Å². The summed E-state index contributed by atoms with van der Waals surface area (Å²) in [6, 6.07) is 1.52. The fourth-order valence-corrected chi connectivity index (χ4v) is 8.41. The quantitative estimate of drug-likeness (QED) is 0.787. The van der Waals surface area contributed by atoms with Gasteiger partial charge in [-0.15, -0.1) is 0 Å². The zero-order chi connectivity index (χ0) is 15.9. The van der Waals surface area contributed by atoms with E-state index in [0.29, 0.717) is 10.8 Å². The van der Waals surface area contributed by atoms with Gasteiger partial charge in [0, 0.05) is 5.41 Å². The molecule has 3 fully saturated rings. The Labute approximate surface area is 134 Å². The minimum absolute atomic E-state index is 0.0105. The molecule has 0 radical (unpaired) electrons. The summed E-state index contributed by atoms with van der Waals surface area (Å²) in [7, 11) is -3.54. The van der Waals surface area contributed by atoms with Crippen molar-refractivity contribution in [3.63, 3.8) is 0 Å². The second kappa shape index (κ2) is 4.12. The fraction of sp³-hybridized carbons (Fsp3) is 0.733. The van der Waals surface area contributed by atoms with Gasteiger partial charge in [0.05, 0.1) is 17.5 Å². The van der Waals surface area contributed by atoms with E-state index < -0.39 is 10.0 Å². The largest absolute Gasteiger partial charge is 0.279 e. The van der Waals surface area contributed by atoms with Crippen molar-refractivity contribution in [2.45, 2.75) is 46.1 Å². The molecule has 7 heteroatoms. The first-order valence-electron chi connectivity index (χ1n) is 7.69. The molecule has 1 saturated heterocycles. The highest BCUT2D eigenvalue weighted by atomic mass is 32.2. The maximum Gasteiger partial charge on any atom is 0.279 e. The Bertz CT molecular complexity index is 768. The molecule has 0 aromatic carbocycles. The molecule has 22 heavy (non-hydrogen) atoms. The molecule has 1 aliphatic heterocycles. The lowest BCUT2D eigenvalue weighted by molar-refractivity contribution is 0.0705. The fourth-order valence-electron chi connectivity index (χ4n) is 5.13. The predicted octanol–water partition coefficient (Wildman–Crippen LogP) is 2.43. The molecule has 0 N–H and O–H groups in total. The van der Waals surface area contributed by atoms with Crippen molar-refractivity contribution in [2.24, 2.45) is 16.7 Å². The van der Waals surface area contributed by atoms with Crippen LogP contribution >= 0.6 is 11.5 Å². The van der Waals surface area contributed by atoms with Crippen LogP contribution in [0.4, 0.5) is 0 Å².